The number of ether oxygens (including phenoxy) is 2. The van der Waals surface area contributed by atoms with E-state index in [9.17, 15) is 8.42 Å². The molecule has 0 aromatic heterocycles. The number of hydrogen-bond acceptors (Lipinski definition) is 5. The van der Waals surface area contributed by atoms with Crippen molar-refractivity contribution in [1.82, 2.24) is 15.4 Å². The molecule has 0 amide bonds. The predicted molar refractivity (Wildman–Crippen MR) is 107 cm³/mol. The Bertz CT molecular complexity index is 686. The smallest absolute Gasteiger partial charge is 0.213 e. The minimum Gasteiger partial charge on any atom is -0.497 e. The highest BCUT2D eigenvalue weighted by Gasteiger charge is 2.17. The highest BCUT2D eigenvalue weighted by atomic mass is 32.2. The van der Waals surface area contributed by atoms with Crippen LogP contribution in [0.3, 0.4) is 0 Å². The van der Waals surface area contributed by atoms with Crippen molar-refractivity contribution in [3.8, 4) is 5.75 Å². The Morgan fingerprint density at radius 1 is 1.26 bits per heavy atom. The number of methoxy groups -OCH3 is 1. The largest absolute Gasteiger partial charge is 0.497 e. The lowest BCUT2D eigenvalue weighted by molar-refractivity contribution is 0.0200. The molecule has 1 unspecified atom stereocenters. The molecule has 2 rings (SSSR count). The van der Waals surface area contributed by atoms with Gasteiger partial charge in [-0.25, -0.2) is 13.1 Å². The van der Waals surface area contributed by atoms with Crippen LogP contribution in [0.15, 0.2) is 29.3 Å². The molecule has 1 aliphatic rings. The fraction of sp³-hybridized carbons (Fsp3) is 0.611. The first-order valence-corrected chi connectivity index (χ1v) is 10.8. The summed E-state index contributed by atoms with van der Waals surface area (Å²) in [6.45, 7) is 1.90. The van der Waals surface area contributed by atoms with E-state index in [0.29, 0.717) is 25.7 Å². The first-order chi connectivity index (χ1) is 13.0. The molecule has 1 aromatic carbocycles. The van der Waals surface area contributed by atoms with Gasteiger partial charge in [-0.1, -0.05) is 12.1 Å². The molecule has 1 saturated heterocycles. The molecule has 1 aromatic rings. The Hall–Kier alpha value is -1.84. The van der Waals surface area contributed by atoms with Crippen LogP contribution in [0.4, 0.5) is 0 Å². The lowest BCUT2D eigenvalue weighted by Crippen LogP contribution is -2.42. The van der Waals surface area contributed by atoms with E-state index in [4.69, 9.17) is 9.47 Å². The van der Waals surface area contributed by atoms with Crippen molar-refractivity contribution in [2.24, 2.45) is 4.99 Å². The molecule has 1 atom stereocenters. The molecule has 1 heterocycles. The maximum atomic E-state index is 12.1. The highest BCUT2D eigenvalue weighted by Crippen LogP contribution is 2.12. The summed E-state index contributed by atoms with van der Waals surface area (Å²) in [5.41, 5.74) is 1.07. The number of rotatable bonds is 9. The van der Waals surface area contributed by atoms with Gasteiger partial charge in [0.05, 0.1) is 19.0 Å². The molecule has 9 heteroatoms. The summed E-state index contributed by atoms with van der Waals surface area (Å²) >= 11 is 0. The van der Waals surface area contributed by atoms with Crippen molar-refractivity contribution < 1.29 is 17.9 Å². The third kappa shape index (κ3) is 8.15. The van der Waals surface area contributed by atoms with Crippen molar-refractivity contribution in [2.45, 2.75) is 31.9 Å². The molecule has 1 aliphatic heterocycles. The average Bonchev–Trinajstić information content (AvgIpc) is 2.70. The maximum Gasteiger partial charge on any atom is 0.213 e. The second kappa shape index (κ2) is 11.1. The molecule has 1 fully saturated rings. The molecule has 0 aliphatic carbocycles. The van der Waals surface area contributed by atoms with Crippen LogP contribution in [-0.4, -0.2) is 60.1 Å². The zero-order chi connectivity index (χ0) is 19.5. The number of sulfonamides is 1. The summed E-state index contributed by atoms with van der Waals surface area (Å²) in [7, 11) is -0.0704. The summed E-state index contributed by atoms with van der Waals surface area (Å²) in [6.07, 6.45) is 3.03. The Morgan fingerprint density at radius 2 is 2.04 bits per heavy atom. The van der Waals surface area contributed by atoms with Gasteiger partial charge < -0.3 is 20.1 Å². The summed E-state index contributed by atoms with van der Waals surface area (Å²) in [6, 6.07) is 7.70. The Balaban J connectivity index is 1.68. The second-order valence-electron chi connectivity index (χ2n) is 6.36. The molecular weight excluding hydrogens is 368 g/mol. The van der Waals surface area contributed by atoms with Crippen molar-refractivity contribution in [2.75, 3.05) is 39.6 Å². The standard InChI is InChI=1S/C18H30N4O4S/c1-19-18(21-13-15-6-8-16(25-2)9-7-15)20-10-12-27(23,24)22-14-17-5-3-4-11-26-17/h6-9,17,22H,3-5,10-14H2,1-2H3,(H2,19,20,21). The predicted octanol–water partition coefficient (Wildman–Crippen LogP) is 0.849. The number of guanidine groups is 1. The Morgan fingerprint density at radius 3 is 2.67 bits per heavy atom. The van der Waals surface area contributed by atoms with E-state index in [0.717, 1.165) is 30.6 Å². The SMILES string of the molecule is CN=C(NCCS(=O)(=O)NCC1CCCCO1)NCc1ccc(OC)cc1. The zero-order valence-corrected chi connectivity index (χ0v) is 16.8. The molecule has 0 bridgehead atoms. The van der Waals surface area contributed by atoms with Crippen LogP contribution in [0.1, 0.15) is 24.8 Å². The summed E-state index contributed by atoms with van der Waals surface area (Å²) < 4.78 is 37.5. The van der Waals surface area contributed by atoms with Crippen molar-refractivity contribution >= 4 is 16.0 Å². The minimum atomic E-state index is -3.35. The summed E-state index contributed by atoms with van der Waals surface area (Å²) in [5, 5.41) is 6.18. The van der Waals surface area contributed by atoms with E-state index in [2.05, 4.69) is 20.3 Å². The lowest BCUT2D eigenvalue weighted by atomic mass is 10.1. The molecule has 27 heavy (non-hydrogen) atoms. The fourth-order valence-electron chi connectivity index (χ4n) is 2.71. The van der Waals surface area contributed by atoms with Gasteiger partial charge in [-0.05, 0) is 37.0 Å². The molecule has 152 valence electrons. The van der Waals surface area contributed by atoms with Gasteiger partial charge in [-0.15, -0.1) is 0 Å². The van der Waals surface area contributed by atoms with E-state index in [1.54, 1.807) is 14.2 Å². The normalized spacial score (nSPS) is 18.1. The van der Waals surface area contributed by atoms with Gasteiger partial charge in [0, 0.05) is 33.3 Å². The van der Waals surface area contributed by atoms with Crippen LogP contribution in [0, 0.1) is 0 Å². The number of aliphatic imine (C=N–C) groups is 1. The van der Waals surface area contributed by atoms with E-state index < -0.39 is 10.0 Å². The first-order valence-electron chi connectivity index (χ1n) is 9.19. The summed E-state index contributed by atoms with van der Waals surface area (Å²) in [4.78, 5) is 4.11. The van der Waals surface area contributed by atoms with E-state index >= 15 is 0 Å². The average molecular weight is 399 g/mol. The number of nitrogens with one attached hydrogen (secondary N) is 3. The zero-order valence-electron chi connectivity index (χ0n) is 16.0. The number of hydrogen-bond donors (Lipinski definition) is 3. The van der Waals surface area contributed by atoms with Gasteiger partial charge in [-0.2, -0.15) is 0 Å². The topological polar surface area (TPSA) is 101 Å². The quantitative estimate of drug-likeness (QED) is 0.421. The van der Waals surface area contributed by atoms with E-state index in [1.807, 2.05) is 24.3 Å². The van der Waals surface area contributed by atoms with Gasteiger partial charge >= 0.3 is 0 Å². The van der Waals surface area contributed by atoms with Gasteiger partial charge in [0.25, 0.3) is 0 Å². The van der Waals surface area contributed by atoms with Crippen molar-refractivity contribution in [1.29, 1.82) is 0 Å². The molecule has 8 nitrogen and oxygen atoms in total. The van der Waals surface area contributed by atoms with Crippen LogP contribution in [0.5, 0.6) is 5.75 Å². The van der Waals surface area contributed by atoms with Crippen LogP contribution in [0.2, 0.25) is 0 Å². The third-order valence-corrected chi connectivity index (χ3v) is 5.66. The van der Waals surface area contributed by atoms with Gasteiger partial charge in [0.15, 0.2) is 5.96 Å². The van der Waals surface area contributed by atoms with Crippen LogP contribution < -0.4 is 20.1 Å². The van der Waals surface area contributed by atoms with Crippen LogP contribution in [-0.2, 0) is 21.3 Å². The van der Waals surface area contributed by atoms with Crippen LogP contribution >= 0.6 is 0 Å². The highest BCUT2D eigenvalue weighted by molar-refractivity contribution is 7.89. The monoisotopic (exact) mass is 398 g/mol. The second-order valence-corrected chi connectivity index (χ2v) is 8.28. The summed E-state index contributed by atoms with van der Waals surface area (Å²) in [5.74, 6) is 1.33. The maximum absolute atomic E-state index is 12.1. The van der Waals surface area contributed by atoms with Crippen LogP contribution in [0.25, 0.3) is 0 Å². The Labute approximate surface area is 161 Å². The van der Waals surface area contributed by atoms with Gasteiger partial charge in [-0.3, -0.25) is 4.99 Å². The molecule has 3 N–H and O–H groups in total. The molecule has 0 saturated carbocycles. The molecule has 0 radical (unpaired) electrons. The molecule has 0 spiro atoms. The molecular formula is C18H30N4O4S. The number of nitrogens with zero attached hydrogens (tertiary/aromatic N) is 1. The van der Waals surface area contributed by atoms with Crippen molar-refractivity contribution in [3.63, 3.8) is 0 Å². The first kappa shape index (κ1) is 21.5. The van der Waals surface area contributed by atoms with Gasteiger partial charge in [0.2, 0.25) is 10.0 Å². The fourth-order valence-corrected chi connectivity index (χ4v) is 3.67. The number of benzene rings is 1. The van der Waals surface area contributed by atoms with Crippen molar-refractivity contribution in [3.05, 3.63) is 29.8 Å². The van der Waals surface area contributed by atoms with Gasteiger partial charge in [0.1, 0.15) is 5.75 Å². The Kier molecular flexibility index (Phi) is 8.83. The third-order valence-electron chi connectivity index (χ3n) is 4.31. The minimum absolute atomic E-state index is 0.0135. The van der Waals surface area contributed by atoms with E-state index in [-0.39, 0.29) is 18.4 Å². The van der Waals surface area contributed by atoms with E-state index in [1.165, 1.54) is 0 Å². The lowest BCUT2D eigenvalue weighted by Gasteiger charge is -2.22.